The summed E-state index contributed by atoms with van der Waals surface area (Å²) in [5, 5.41) is 7.00. The summed E-state index contributed by atoms with van der Waals surface area (Å²) >= 11 is 1.74. The van der Waals surface area contributed by atoms with E-state index in [1.807, 2.05) is 0 Å². The molecule has 21 heavy (non-hydrogen) atoms. The zero-order chi connectivity index (χ0) is 15.3. The van der Waals surface area contributed by atoms with Crippen LogP contribution in [0.15, 0.2) is 35.7 Å². The van der Waals surface area contributed by atoms with Gasteiger partial charge in [-0.25, -0.2) is 4.98 Å². The van der Waals surface area contributed by atoms with E-state index in [4.69, 9.17) is 0 Å². The van der Waals surface area contributed by atoms with Crippen molar-refractivity contribution in [3.05, 3.63) is 52.0 Å². The van der Waals surface area contributed by atoms with Gasteiger partial charge in [-0.1, -0.05) is 30.3 Å². The van der Waals surface area contributed by atoms with Crippen LogP contribution in [0.2, 0.25) is 0 Å². The third kappa shape index (κ3) is 5.98. The van der Waals surface area contributed by atoms with E-state index < -0.39 is 0 Å². The zero-order valence-electron chi connectivity index (χ0n) is 13.5. The highest BCUT2D eigenvalue weighted by atomic mass is 32.1. The Morgan fingerprint density at radius 1 is 1.14 bits per heavy atom. The van der Waals surface area contributed by atoms with Crippen LogP contribution < -0.4 is 5.32 Å². The minimum Gasteiger partial charge on any atom is -0.312 e. The first-order valence-electron chi connectivity index (χ1n) is 7.62. The van der Waals surface area contributed by atoms with Crippen LogP contribution in [0.25, 0.3) is 0 Å². The van der Waals surface area contributed by atoms with E-state index in [0.717, 1.165) is 24.4 Å². The molecule has 0 bridgehead atoms. The van der Waals surface area contributed by atoms with Gasteiger partial charge in [0.15, 0.2) is 0 Å². The molecular weight excluding hydrogens is 276 g/mol. The summed E-state index contributed by atoms with van der Waals surface area (Å²) in [4.78, 5) is 4.63. The SMILES string of the molecule is Cc1nc(CC(CNC(C)(C)C)Cc2ccccc2)cs1. The topological polar surface area (TPSA) is 24.9 Å². The molecule has 0 amide bonds. The van der Waals surface area contributed by atoms with Gasteiger partial charge in [0.25, 0.3) is 0 Å². The molecule has 2 aromatic rings. The Kier molecular flexibility index (Phi) is 5.54. The van der Waals surface area contributed by atoms with Crippen LogP contribution in [0.4, 0.5) is 0 Å². The molecule has 0 saturated carbocycles. The number of hydrogen-bond donors (Lipinski definition) is 1. The van der Waals surface area contributed by atoms with Crippen LogP contribution in [-0.4, -0.2) is 17.1 Å². The van der Waals surface area contributed by atoms with Crippen LogP contribution in [-0.2, 0) is 12.8 Å². The van der Waals surface area contributed by atoms with Gasteiger partial charge in [0, 0.05) is 10.9 Å². The maximum absolute atomic E-state index is 4.63. The van der Waals surface area contributed by atoms with Gasteiger partial charge in [0.2, 0.25) is 0 Å². The molecule has 1 N–H and O–H groups in total. The van der Waals surface area contributed by atoms with Crippen LogP contribution >= 0.6 is 11.3 Å². The number of rotatable bonds is 6. The number of benzene rings is 1. The van der Waals surface area contributed by atoms with Crippen molar-refractivity contribution in [2.75, 3.05) is 6.54 Å². The van der Waals surface area contributed by atoms with Crippen molar-refractivity contribution in [1.82, 2.24) is 10.3 Å². The first-order chi connectivity index (χ1) is 9.92. The molecular formula is C18H26N2S. The highest BCUT2D eigenvalue weighted by Gasteiger charge is 2.16. The van der Waals surface area contributed by atoms with Crippen molar-refractivity contribution in [2.45, 2.75) is 46.1 Å². The average molecular weight is 302 g/mol. The van der Waals surface area contributed by atoms with E-state index in [1.165, 1.54) is 11.3 Å². The van der Waals surface area contributed by atoms with Gasteiger partial charge in [0.05, 0.1) is 10.7 Å². The summed E-state index contributed by atoms with van der Waals surface area (Å²) in [6, 6.07) is 10.8. The molecule has 1 unspecified atom stereocenters. The number of thiazole rings is 1. The van der Waals surface area contributed by atoms with Crippen molar-refractivity contribution in [3.63, 3.8) is 0 Å². The van der Waals surface area contributed by atoms with E-state index in [-0.39, 0.29) is 5.54 Å². The molecule has 1 aromatic heterocycles. The third-order valence-corrected chi connectivity index (χ3v) is 4.27. The Hall–Kier alpha value is -1.19. The van der Waals surface area contributed by atoms with Crippen LogP contribution in [0.5, 0.6) is 0 Å². The monoisotopic (exact) mass is 302 g/mol. The van der Waals surface area contributed by atoms with Gasteiger partial charge in [0.1, 0.15) is 0 Å². The lowest BCUT2D eigenvalue weighted by Crippen LogP contribution is -2.40. The maximum Gasteiger partial charge on any atom is 0.0897 e. The predicted octanol–water partition coefficient (Wildman–Crippen LogP) is 4.24. The minimum atomic E-state index is 0.160. The summed E-state index contributed by atoms with van der Waals surface area (Å²) in [5.41, 5.74) is 2.80. The highest BCUT2D eigenvalue weighted by molar-refractivity contribution is 7.09. The van der Waals surface area contributed by atoms with Gasteiger partial charge in [-0.05, 0) is 58.6 Å². The Morgan fingerprint density at radius 2 is 1.86 bits per heavy atom. The highest BCUT2D eigenvalue weighted by Crippen LogP contribution is 2.17. The summed E-state index contributed by atoms with van der Waals surface area (Å²) in [5.74, 6) is 0.577. The molecule has 0 aliphatic carbocycles. The molecule has 1 heterocycles. The first kappa shape index (κ1) is 16.2. The van der Waals surface area contributed by atoms with Crippen LogP contribution in [0, 0.1) is 12.8 Å². The number of hydrogen-bond acceptors (Lipinski definition) is 3. The normalized spacial score (nSPS) is 13.3. The lowest BCUT2D eigenvalue weighted by atomic mass is 9.94. The van der Waals surface area contributed by atoms with Gasteiger partial charge in [-0.15, -0.1) is 11.3 Å². The molecule has 0 aliphatic rings. The van der Waals surface area contributed by atoms with Gasteiger partial charge < -0.3 is 5.32 Å². The fourth-order valence-corrected chi connectivity index (χ4v) is 3.04. The zero-order valence-corrected chi connectivity index (χ0v) is 14.3. The van der Waals surface area contributed by atoms with E-state index in [1.54, 1.807) is 11.3 Å². The fraction of sp³-hybridized carbons (Fsp3) is 0.500. The predicted molar refractivity (Wildman–Crippen MR) is 91.9 cm³/mol. The van der Waals surface area contributed by atoms with Crippen molar-refractivity contribution in [1.29, 1.82) is 0 Å². The molecule has 114 valence electrons. The van der Waals surface area contributed by atoms with Gasteiger partial charge in [-0.2, -0.15) is 0 Å². The van der Waals surface area contributed by atoms with Crippen LogP contribution in [0.1, 0.15) is 37.0 Å². The molecule has 3 heteroatoms. The standard InChI is InChI=1S/C18H26N2S/c1-14-20-17(13-21-14)11-16(12-19-18(2,3)4)10-15-8-6-5-7-9-15/h5-9,13,16,19H,10-12H2,1-4H3. The minimum absolute atomic E-state index is 0.160. The number of nitrogens with zero attached hydrogens (tertiary/aromatic N) is 1. The molecule has 0 radical (unpaired) electrons. The van der Waals surface area contributed by atoms with Crippen molar-refractivity contribution in [3.8, 4) is 0 Å². The average Bonchev–Trinajstić information content (AvgIpc) is 2.82. The first-order valence-corrected chi connectivity index (χ1v) is 8.50. The number of aromatic nitrogens is 1. The largest absolute Gasteiger partial charge is 0.312 e. The van der Waals surface area contributed by atoms with E-state index >= 15 is 0 Å². The summed E-state index contributed by atoms with van der Waals surface area (Å²) in [6.07, 6.45) is 2.14. The summed E-state index contributed by atoms with van der Waals surface area (Å²) in [7, 11) is 0. The molecule has 0 aliphatic heterocycles. The van der Waals surface area contributed by atoms with Gasteiger partial charge >= 0.3 is 0 Å². The lowest BCUT2D eigenvalue weighted by molar-refractivity contribution is 0.366. The van der Waals surface area contributed by atoms with Crippen molar-refractivity contribution < 1.29 is 0 Å². The molecule has 2 nitrogen and oxygen atoms in total. The second kappa shape index (κ2) is 7.19. The Labute approximate surface area is 132 Å². The van der Waals surface area contributed by atoms with E-state index in [0.29, 0.717) is 5.92 Å². The van der Waals surface area contributed by atoms with Crippen LogP contribution in [0.3, 0.4) is 0 Å². The van der Waals surface area contributed by atoms with Crippen molar-refractivity contribution in [2.24, 2.45) is 5.92 Å². The van der Waals surface area contributed by atoms with E-state index in [9.17, 15) is 0 Å². The molecule has 1 atom stereocenters. The quantitative estimate of drug-likeness (QED) is 0.863. The summed E-state index contributed by atoms with van der Waals surface area (Å²) < 4.78 is 0. The Bertz CT molecular complexity index is 540. The fourth-order valence-electron chi connectivity index (χ4n) is 2.41. The molecule has 1 aromatic carbocycles. The van der Waals surface area contributed by atoms with E-state index in [2.05, 4.69) is 73.7 Å². The molecule has 0 saturated heterocycles. The Morgan fingerprint density at radius 3 is 2.43 bits per heavy atom. The van der Waals surface area contributed by atoms with Gasteiger partial charge in [-0.3, -0.25) is 0 Å². The molecule has 0 spiro atoms. The molecule has 2 rings (SSSR count). The number of aryl methyl sites for hydroxylation is 1. The maximum atomic E-state index is 4.63. The third-order valence-electron chi connectivity index (χ3n) is 3.45. The second-order valence-corrected chi connectivity index (χ2v) is 7.81. The summed E-state index contributed by atoms with van der Waals surface area (Å²) in [6.45, 7) is 9.77. The Balaban J connectivity index is 2.02. The lowest BCUT2D eigenvalue weighted by Gasteiger charge is -2.25. The molecule has 0 fully saturated rings. The second-order valence-electron chi connectivity index (χ2n) is 6.75. The smallest absolute Gasteiger partial charge is 0.0897 e. The van der Waals surface area contributed by atoms with Crippen molar-refractivity contribution >= 4 is 11.3 Å². The number of nitrogens with one attached hydrogen (secondary N) is 1.